The first-order valence-electron chi connectivity index (χ1n) is 4.96. The lowest BCUT2D eigenvalue weighted by atomic mass is 10.1. The number of rotatable bonds is 3. The van der Waals surface area contributed by atoms with Crippen molar-refractivity contribution in [3.8, 4) is 0 Å². The molecule has 0 radical (unpaired) electrons. The Hall–Kier alpha value is -1.89. The zero-order valence-corrected chi connectivity index (χ0v) is 9.54. The highest BCUT2D eigenvalue weighted by molar-refractivity contribution is 7.12. The van der Waals surface area contributed by atoms with Crippen molar-refractivity contribution in [1.29, 1.82) is 0 Å². The molecule has 2 heterocycles. The van der Waals surface area contributed by atoms with E-state index in [-0.39, 0.29) is 28.8 Å². The van der Waals surface area contributed by atoms with E-state index >= 15 is 0 Å². The van der Waals surface area contributed by atoms with E-state index in [1.165, 1.54) is 6.07 Å². The van der Waals surface area contributed by atoms with Crippen LogP contribution in [0.5, 0.6) is 0 Å². The van der Waals surface area contributed by atoms with Gasteiger partial charge in [-0.3, -0.25) is 9.59 Å². The van der Waals surface area contributed by atoms with E-state index in [0.29, 0.717) is 6.54 Å². The molecule has 0 saturated carbocycles. The summed E-state index contributed by atoms with van der Waals surface area (Å²) in [5.41, 5.74) is 0.284. The van der Waals surface area contributed by atoms with E-state index in [9.17, 15) is 14.4 Å². The highest BCUT2D eigenvalue weighted by atomic mass is 32.1. The summed E-state index contributed by atoms with van der Waals surface area (Å²) in [7, 11) is 0. The Balaban J connectivity index is 2.05. The van der Waals surface area contributed by atoms with Crippen LogP contribution in [0.1, 0.15) is 16.1 Å². The number of thiophene rings is 1. The predicted octanol–water partition coefficient (Wildman–Crippen LogP) is 0.521. The van der Waals surface area contributed by atoms with Crippen molar-refractivity contribution < 1.29 is 19.5 Å². The van der Waals surface area contributed by atoms with Crippen molar-refractivity contribution in [1.82, 2.24) is 5.32 Å². The lowest BCUT2D eigenvalue weighted by Gasteiger charge is -2.08. The van der Waals surface area contributed by atoms with Crippen molar-refractivity contribution in [3.63, 3.8) is 0 Å². The largest absolute Gasteiger partial charge is 0.477 e. The van der Waals surface area contributed by atoms with Crippen LogP contribution < -0.4 is 10.6 Å². The van der Waals surface area contributed by atoms with Gasteiger partial charge in [-0.1, -0.05) is 0 Å². The fourth-order valence-electron chi connectivity index (χ4n) is 1.60. The summed E-state index contributed by atoms with van der Waals surface area (Å²) < 4.78 is 0. The number of carboxylic acids is 1. The fraction of sp³-hybridized carbons (Fsp3) is 0.300. The maximum absolute atomic E-state index is 11.7. The summed E-state index contributed by atoms with van der Waals surface area (Å²) in [6, 6.07) is 1.54. The molecule has 90 valence electrons. The molecule has 1 atom stereocenters. The van der Waals surface area contributed by atoms with Crippen LogP contribution in [0, 0.1) is 5.92 Å². The highest BCUT2D eigenvalue weighted by Crippen LogP contribution is 2.23. The zero-order valence-electron chi connectivity index (χ0n) is 8.73. The molecule has 1 aliphatic heterocycles. The third kappa shape index (κ3) is 2.44. The molecule has 1 aromatic rings. The fourth-order valence-corrected chi connectivity index (χ4v) is 2.29. The zero-order chi connectivity index (χ0) is 12.4. The van der Waals surface area contributed by atoms with Gasteiger partial charge in [0.05, 0.1) is 11.6 Å². The Morgan fingerprint density at radius 2 is 2.29 bits per heavy atom. The maximum Gasteiger partial charge on any atom is 0.348 e. The quantitative estimate of drug-likeness (QED) is 0.732. The average Bonchev–Trinajstić information content (AvgIpc) is 2.86. The first-order chi connectivity index (χ1) is 8.08. The molecular weight excluding hydrogens is 244 g/mol. The maximum atomic E-state index is 11.7. The summed E-state index contributed by atoms with van der Waals surface area (Å²) in [5, 5.41) is 15.5. The average molecular weight is 254 g/mol. The Morgan fingerprint density at radius 1 is 1.53 bits per heavy atom. The summed E-state index contributed by atoms with van der Waals surface area (Å²) in [6.07, 6.45) is 0.151. The molecule has 2 amide bonds. The van der Waals surface area contributed by atoms with Gasteiger partial charge in [-0.15, -0.1) is 11.3 Å². The second-order valence-corrected chi connectivity index (χ2v) is 4.58. The number of anilines is 1. The second kappa shape index (κ2) is 4.54. The lowest BCUT2D eigenvalue weighted by molar-refractivity contribution is -0.123. The van der Waals surface area contributed by atoms with Crippen molar-refractivity contribution in [2.45, 2.75) is 6.42 Å². The van der Waals surface area contributed by atoms with Crippen LogP contribution in [0.15, 0.2) is 11.4 Å². The molecule has 17 heavy (non-hydrogen) atoms. The first-order valence-corrected chi connectivity index (χ1v) is 5.84. The number of amides is 2. The molecule has 0 aliphatic carbocycles. The monoisotopic (exact) mass is 254 g/mol. The number of carbonyl (C=O) groups is 3. The molecule has 1 aromatic heterocycles. The Bertz CT molecular complexity index is 482. The van der Waals surface area contributed by atoms with E-state index in [4.69, 9.17) is 5.11 Å². The van der Waals surface area contributed by atoms with Gasteiger partial charge in [0.15, 0.2) is 0 Å². The van der Waals surface area contributed by atoms with E-state index in [2.05, 4.69) is 10.6 Å². The Kier molecular flexibility index (Phi) is 3.10. The third-order valence-corrected chi connectivity index (χ3v) is 3.37. The molecule has 1 saturated heterocycles. The smallest absolute Gasteiger partial charge is 0.348 e. The van der Waals surface area contributed by atoms with Gasteiger partial charge in [0.1, 0.15) is 4.88 Å². The minimum absolute atomic E-state index is 0.0932. The molecule has 1 fully saturated rings. The Morgan fingerprint density at radius 3 is 2.88 bits per heavy atom. The summed E-state index contributed by atoms with van der Waals surface area (Å²) in [5.74, 6) is -1.99. The number of carbonyl (C=O) groups excluding carboxylic acids is 2. The van der Waals surface area contributed by atoms with Gasteiger partial charge >= 0.3 is 5.97 Å². The molecule has 6 nitrogen and oxygen atoms in total. The molecule has 1 aliphatic rings. The molecule has 0 spiro atoms. The molecule has 0 aromatic carbocycles. The van der Waals surface area contributed by atoms with E-state index < -0.39 is 11.9 Å². The second-order valence-electron chi connectivity index (χ2n) is 3.66. The van der Waals surface area contributed by atoms with Crippen molar-refractivity contribution in [2.75, 3.05) is 11.9 Å². The van der Waals surface area contributed by atoms with Crippen molar-refractivity contribution in [2.24, 2.45) is 5.92 Å². The van der Waals surface area contributed by atoms with Crippen LogP contribution in [-0.2, 0) is 9.59 Å². The normalized spacial score (nSPS) is 18.8. The number of carboxylic acid groups (broad SMARTS) is 1. The number of hydrogen-bond acceptors (Lipinski definition) is 4. The van der Waals surface area contributed by atoms with Gasteiger partial charge in [0, 0.05) is 13.0 Å². The number of aromatic carboxylic acids is 1. The van der Waals surface area contributed by atoms with E-state index in [1.807, 2.05) is 0 Å². The summed E-state index contributed by atoms with van der Waals surface area (Å²) in [4.78, 5) is 33.6. The van der Waals surface area contributed by atoms with Crippen LogP contribution >= 0.6 is 11.3 Å². The van der Waals surface area contributed by atoms with Gasteiger partial charge < -0.3 is 15.7 Å². The van der Waals surface area contributed by atoms with Crippen LogP contribution in [-0.4, -0.2) is 29.4 Å². The van der Waals surface area contributed by atoms with E-state index in [0.717, 1.165) is 11.3 Å². The van der Waals surface area contributed by atoms with Crippen molar-refractivity contribution in [3.05, 3.63) is 16.3 Å². The van der Waals surface area contributed by atoms with Crippen LogP contribution in [0.25, 0.3) is 0 Å². The van der Waals surface area contributed by atoms with Crippen molar-refractivity contribution >= 4 is 34.8 Å². The minimum Gasteiger partial charge on any atom is -0.477 e. The van der Waals surface area contributed by atoms with Crippen LogP contribution in [0.3, 0.4) is 0 Å². The Labute approximate surface area is 101 Å². The SMILES string of the molecule is O=C1CC(C(=O)Nc2ccsc2C(=O)O)CN1. The van der Waals surface area contributed by atoms with Crippen LogP contribution in [0.2, 0.25) is 0 Å². The third-order valence-electron chi connectivity index (χ3n) is 2.47. The van der Waals surface area contributed by atoms with Crippen LogP contribution in [0.4, 0.5) is 5.69 Å². The van der Waals surface area contributed by atoms with Gasteiger partial charge in [0.25, 0.3) is 0 Å². The van der Waals surface area contributed by atoms with Gasteiger partial charge in [-0.05, 0) is 11.4 Å². The molecule has 1 unspecified atom stereocenters. The molecule has 2 rings (SSSR count). The van der Waals surface area contributed by atoms with Gasteiger partial charge in [-0.2, -0.15) is 0 Å². The predicted molar refractivity (Wildman–Crippen MR) is 61.0 cm³/mol. The minimum atomic E-state index is -1.07. The molecule has 0 bridgehead atoms. The van der Waals surface area contributed by atoms with Gasteiger partial charge in [-0.25, -0.2) is 4.79 Å². The lowest BCUT2D eigenvalue weighted by Crippen LogP contribution is -2.25. The topological polar surface area (TPSA) is 95.5 Å². The van der Waals surface area contributed by atoms with Gasteiger partial charge in [0.2, 0.25) is 11.8 Å². The first kappa shape index (κ1) is 11.6. The van der Waals surface area contributed by atoms with E-state index in [1.54, 1.807) is 5.38 Å². The highest BCUT2D eigenvalue weighted by Gasteiger charge is 2.28. The summed E-state index contributed by atoms with van der Waals surface area (Å²) >= 11 is 1.05. The standard InChI is InChI=1S/C10H10N2O4S/c13-7-3-5(4-11-7)9(14)12-6-1-2-17-8(6)10(15)16/h1-2,5H,3-4H2,(H,11,13)(H,12,14)(H,15,16). The molecule has 3 N–H and O–H groups in total. The summed E-state index contributed by atoms with van der Waals surface area (Å²) in [6.45, 7) is 0.303. The molecule has 7 heteroatoms. The number of nitrogens with one attached hydrogen (secondary N) is 2. The number of hydrogen-bond donors (Lipinski definition) is 3. The molecular formula is C10H10N2O4S.